The van der Waals surface area contributed by atoms with Gasteiger partial charge >= 0.3 is 0 Å². The highest BCUT2D eigenvalue weighted by Crippen LogP contribution is 2.18. The molecule has 2 aromatic rings. The van der Waals surface area contributed by atoms with Crippen molar-refractivity contribution in [3.8, 4) is 6.07 Å². The van der Waals surface area contributed by atoms with Gasteiger partial charge in [0.25, 0.3) is 5.91 Å². The fraction of sp³-hybridized carbons (Fsp3) is 0.238. The molecule has 0 saturated carbocycles. The Bertz CT molecular complexity index is 733. The van der Waals surface area contributed by atoms with Gasteiger partial charge < -0.3 is 10.2 Å². The Morgan fingerprint density at radius 1 is 1.12 bits per heavy atom. The summed E-state index contributed by atoms with van der Waals surface area (Å²) < 4.78 is 0. The van der Waals surface area contributed by atoms with Crippen molar-refractivity contribution in [1.82, 2.24) is 5.32 Å². The van der Waals surface area contributed by atoms with Crippen LogP contribution in [-0.2, 0) is 11.3 Å². The molecule has 0 unspecified atom stereocenters. The lowest BCUT2D eigenvalue weighted by atomic mass is 10.2. The van der Waals surface area contributed by atoms with Gasteiger partial charge in [0.05, 0.1) is 0 Å². The number of nitrogens with zero attached hydrogens (tertiary/aromatic N) is 2. The molecule has 0 saturated heterocycles. The summed E-state index contributed by atoms with van der Waals surface area (Å²) in [6.45, 7) is 3.22. The minimum atomic E-state index is -0.329. The molecule has 0 aromatic heterocycles. The summed E-state index contributed by atoms with van der Waals surface area (Å²) >= 11 is 0. The van der Waals surface area contributed by atoms with Crippen molar-refractivity contribution in [2.45, 2.75) is 26.3 Å². The number of amides is 1. The molecule has 0 aliphatic carbocycles. The quantitative estimate of drug-likeness (QED) is 0.451. The number of unbranched alkanes of at least 4 members (excludes halogenated alkanes) is 1. The van der Waals surface area contributed by atoms with E-state index in [9.17, 15) is 10.1 Å². The molecule has 2 rings (SSSR count). The van der Waals surface area contributed by atoms with E-state index < -0.39 is 0 Å². The SMILES string of the molecule is CCCCNC(=O)/C(C#N)=C\N(Cc1ccccc1)c1ccccc1. The Morgan fingerprint density at radius 3 is 2.36 bits per heavy atom. The van der Waals surface area contributed by atoms with Crippen LogP contribution in [0.4, 0.5) is 5.69 Å². The van der Waals surface area contributed by atoms with Gasteiger partial charge in [0.2, 0.25) is 0 Å². The van der Waals surface area contributed by atoms with E-state index in [1.807, 2.05) is 71.6 Å². The third-order valence-corrected chi connectivity index (χ3v) is 3.75. The molecule has 1 N–H and O–H groups in total. The van der Waals surface area contributed by atoms with Crippen LogP contribution < -0.4 is 10.2 Å². The van der Waals surface area contributed by atoms with Crippen LogP contribution in [0.5, 0.6) is 0 Å². The molecule has 0 aliphatic heterocycles. The minimum absolute atomic E-state index is 0.107. The Kier molecular flexibility index (Phi) is 7.27. The van der Waals surface area contributed by atoms with E-state index in [1.165, 1.54) is 0 Å². The van der Waals surface area contributed by atoms with Crippen molar-refractivity contribution in [3.63, 3.8) is 0 Å². The summed E-state index contributed by atoms with van der Waals surface area (Å²) in [7, 11) is 0. The number of carbonyl (C=O) groups excluding carboxylic acids is 1. The zero-order valence-corrected chi connectivity index (χ0v) is 14.5. The predicted octanol–water partition coefficient (Wildman–Crippen LogP) is 4.02. The minimum Gasteiger partial charge on any atom is -0.351 e. The molecule has 0 heterocycles. The lowest BCUT2D eigenvalue weighted by molar-refractivity contribution is -0.117. The van der Waals surface area contributed by atoms with Crippen molar-refractivity contribution in [2.75, 3.05) is 11.4 Å². The Hall–Kier alpha value is -3.06. The number of hydrogen-bond donors (Lipinski definition) is 1. The molecular weight excluding hydrogens is 310 g/mol. The zero-order valence-electron chi connectivity index (χ0n) is 14.5. The molecule has 0 bridgehead atoms. The average Bonchev–Trinajstić information content (AvgIpc) is 2.66. The number of carbonyl (C=O) groups is 1. The summed E-state index contributed by atoms with van der Waals surface area (Å²) in [5.41, 5.74) is 2.14. The van der Waals surface area contributed by atoms with Crippen molar-refractivity contribution in [3.05, 3.63) is 78.0 Å². The number of nitriles is 1. The summed E-state index contributed by atoms with van der Waals surface area (Å²) in [6, 6.07) is 21.7. The van der Waals surface area contributed by atoms with Gasteiger partial charge in [-0.3, -0.25) is 4.79 Å². The fourth-order valence-electron chi connectivity index (χ4n) is 2.38. The van der Waals surface area contributed by atoms with E-state index in [4.69, 9.17) is 0 Å². The summed E-state index contributed by atoms with van der Waals surface area (Å²) in [6.07, 6.45) is 3.52. The maximum atomic E-state index is 12.2. The number of anilines is 1. The molecule has 1 amide bonds. The number of rotatable bonds is 8. The van der Waals surface area contributed by atoms with Crippen LogP contribution in [-0.4, -0.2) is 12.5 Å². The van der Waals surface area contributed by atoms with E-state index in [2.05, 4.69) is 12.2 Å². The van der Waals surface area contributed by atoms with E-state index in [1.54, 1.807) is 6.20 Å². The zero-order chi connectivity index (χ0) is 17.9. The van der Waals surface area contributed by atoms with E-state index >= 15 is 0 Å². The fourth-order valence-corrected chi connectivity index (χ4v) is 2.38. The number of para-hydroxylation sites is 1. The smallest absolute Gasteiger partial charge is 0.263 e. The number of benzene rings is 2. The van der Waals surface area contributed by atoms with Gasteiger partial charge in [-0.25, -0.2) is 0 Å². The molecule has 0 radical (unpaired) electrons. The summed E-state index contributed by atoms with van der Waals surface area (Å²) in [5.74, 6) is -0.329. The molecule has 0 spiro atoms. The predicted molar refractivity (Wildman–Crippen MR) is 101 cm³/mol. The van der Waals surface area contributed by atoms with Crippen LogP contribution in [0.2, 0.25) is 0 Å². The standard InChI is InChI=1S/C21H23N3O/c1-2-3-14-23-21(25)19(15-22)17-24(20-12-8-5-9-13-20)16-18-10-6-4-7-11-18/h4-13,17H,2-3,14,16H2,1H3,(H,23,25)/b19-17-. The third kappa shape index (κ3) is 5.82. The highest BCUT2D eigenvalue weighted by Gasteiger charge is 2.12. The summed E-state index contributed by atoms with van der Waals surface area (Å²) in [5, 5.41) is 12.2. The highest BCUT2D eigenvalue weighted by atomic mass is 16.1. The van der Waals surface area contributed by atoms with Crippen LogP contribution in [0, 0.1) is 11.3 Å². The molecule has 4 heteroatoms. The second kappa shape index (κ2) is 9.94. The number of nitrogens with one attached hydrogen (secondary N) is 1. The molecule has 0 fully saturated rings. The maximum Gasteiger partial charge on any atom is 0.263 e. The molecule has 0 atom stereocenters. The highest BCUT2D eigenvalue weighted by molar-refractivity contribution is 5.97. The van der Waals surface area contributed by atoms with E-state index in [0.29, 0.717) is 13.1 Å². The van der Waals surface area contributed by atoms with Gasteiger partial charge in [-0.05, 0) is 24.1 Å². The van der Waals surface area contributed by atoms with Gasteiger partial charge in [0.1, 0.15) is 11.6 Å². The van der Waals surface area contributed by atoms with Crippen molar-refractivity contribution < 1.29 is 4.79 Å². The first-order valence-electron chi connectivity index (χ1n) is 8.50. The molecule has 2 aromatic carbocycles. The van der Waals surface area contributed by atoms with Crippen molar-refractivity contribution >= 4 is 11.6 Å². The van der Waals surface area contributed by atoms with Crippen molar-refractivity contribution in [2.24, 2.45) is 0 Å². The maximum absolute atomic E-state index is 12.2. The van der Waals surface area contributed by atoms with Crippen molar-refractivity contribution in [1.29, 1.82) is 5.26 Å². The molecule has 128 valence electrons. The topological polar surface area (TPSA) is 56.1 Å². The van der Waals surface area contributed by atoms with Crippen LogP contribution in [0.1, 0.15) is 25.3 Å². The van der Waals surface area contributed by atoms with Gasteiger partial charge in [0, 0.05) is 25.0 Å². The van der Waals surface area contributed by atoms with Gasteiger partial charge in [-0.2, -0.15) is 5.26 Å². The normalized spacial score (nSPS) is 10.8. The van der Waals surface area contributed by atoms with Crippen LogP contribution >= 0.6 is 0 Å². The van der Waals surface area contributed by atoms with Gasteiger partial charge in [0.15, 0.2) is 0 Å². The van der Waals surface area contributed by atoms with Gasteiger partial charge in [-0.1, -0.05) is 61.9 Å². The lowest BCUT2D eigenvalue weighted by Crippen LogP contribution is -2.27. The summed E-state index contributed by atoms with van der Waals surface area (Å²) in [4.78, 5) is 14.2. The lowest BCUT2D eigenvalue weighted by Gasteiger charge is -2.21. The second-order valence-electron chi connectivity index (χ2n) is 5.71. The van der Waals surface area contributed by atoms with Crippen LogP contribution in [0.15, 0.2) is 72.4 Å². The average molecular weight is 333 g/mol. The largest absolute Gasteiger partial charge is 0.351 e. The monoisotopic (exact) mass is 333 g/mol. The first kappa shape index (κ1) is 18.3. The first-order chi connectivity index (χ1) is 12.2. The Balaban J connectivity index is 2.24. The van der Waals surface area contributed by atoms with E-state index in [0.717, 1.165) is 24.1 Å². The van der Waals surface area contributed by atoms with Crippen LogP contribution in [0.3, 0.4) is 0 Å². The van der Waals surface area contributed by atoms with E-state index in [-0.39, 0.29) is 11.5 Å². The Morgan fingerprint density at radius 2 is 1.76 bits per heavy atom. The Labute approximate surface area is 149 Å². The molecular formula is C21H23N3O. The third-order valence-electron chi connectivity index (χ3n) is 3.75. The van der Waals surface area contributed by atoms with Crippen LogP contribution in [0.25, 0.3) is 0 Å². The first-order valence-corrected chi connectivity index (χ1v) is 8.50. The molecule has 25 heavy (non-hydrogen) atoms. The number of hydrogen-bond acceptors (Lipinski definition) is 3. The molecule has 4 nitrogen and oxygen atoms in total. The second-order valence-corrected chi connectivity index (χ2v) is 5.71. The molecule has 0 aliphatic rings. The van der Waals surface area contributed by atoms with Gasteiger partial charge in [-0.15, -0.1) is 0 Å².